The van der Waals surface area contributed by atoms with Gasteiger partial charge in [0.05, 0.1) is 6.61 Å². The third-order valence-electron chi connectivity index (χ3n) is 4.65. The van der Waals surface area contributed by atoms with Gasteiger partial charge in [-0.1, -0.05) is 20.3 Å². The van der Waals surface area contributed by atoms with Crippen molar-refractivity contribution < 1.29 is 19.2 Å². The predicted molar refractivity (Wildman–Crippen MR) is 65.5 cm³/mol. The van der Waals surface area contributed by atoms with E-state index in [9.17, 15) is 0 Å². The molecule has 2 heterocycles. The summed E-state index contributed by atoms with van der Waals surface area (Å²) >= 11 is 0. The largest absolute Gasteiger partial charge is 0.349 e. The molecule has 1 spiro atoms. The number of hydrogen-bond donors (Lipinski definition) is 0. The van der Waals surface area contributed by atoms with Crippen molar-refractivity contribution in [2.24, 2.45) is 17.8 Å². The minimum absolute atomic E-state index is 0.287. The number of hydrogen-bond acceptors (Lipinski definition) is 4. The molecule has 0 unspecified atom stereocenters. The molecule has 0 aromatic rings. The maximum atomic E-state index is 5.97. The first-order chi connectivity index (χ1) is 8.43. The van der Waals surface area contributed by atoms with Crippen molar-refractivity contribution in [1.29, 1.82) is 0 Å². The van der Waals surface area contributed by atoms with Crippen LogP contribution in [0.5, 0.6) is 0 Å². The summed E-state index contributed by atoms with van der Waals surface area (Å²) in [6.45, 7) is 8.99. The number of rotatable bonds is 0. The van der Waals surface area contributed by atoms with Gasteiger partial charge in [-0.2, -0.15) is 0 Å². The lowest BCUT2D eigenvalue weighted by Crippen LogP contribution is -2.66. The maximum Gasteiger partial charge on any atom is 0.199 e. The van der Waals surface area contributed by atoms with Crippen molar-refractivity contribution >= 4 is 0 Å². The molecule has 3 aliphatic rings. The highest BCUT2D eigenvalue weighted by Gasteiger charge is 2.60. The summed E-state index contributed by atoms with van der Waals surface area (Å²) in [6.07, 6.45) is 3.11. The Hall–Kier alpha value is -0.160. The average molecular weight is 256 g/mol. The van der Waals surface area contributed by atoms with Crippen LogP contribution in [-0.2, 0) is 19.2 Å². The topological polar surface area (TPSA) is 36.9 Å². The molecular formula is C14H24O4. The van der Waals surface area contributed by atoms with Crippen molar-refractivity contribution in [3.05, 3.63) is 0 Å². The Labute approximate surface area is 109 Å². The van der Waals surface area contributed by atoms with Gasteiger partial charge in [0.15, 0.2) is 17.7 Å². The fraction of sp³-hybridized carbons (Fsp3) is 1.00. The third-order valence-corrected chi connectivity index (χ3v) is 4.65. The van der Waals surface area contributed by atoms with E-state index < -0.39 is 11.4 Å². The first-order valence-electron chi connectivity index (χ1n) is 7.09. The van der Waals surface area contributed by atoms with E-state index >= 15 is 0 Å². The molecule has 0 N–H and O–H groups in total. The van der Waals surface area contributed by atoms with E-state index in [1.807, 2.05) is 13.8 Å². The predicted octanol–water partition coefficient (Wildman–Crippen LogP) is 2.87. The molecular weight excluding hydrogens is 232 g/mol. The molecule has 5 atom stereocenters. The molecule has 3 fully saturated rings. The highest BCUT2D eigenvalue weighted by Crippen LogP contribution is 2.52. The van der Waals surface area contributed by atoms with E-state index in [1.54, 1.807) is 0 Å². The molecule has 2 saturated heterocycles. The summed E-state index contributed by atoms with van der Waals surface area (Å²) in [6, 6.07) is 0. The maximum absolute atomic E-state index is 5.97. The zero-order chi connectivity index (χ0) is 13.0. The standard InChI is InChI=1S/C14H24O4/c1-9-5-6-11-10(2)8-15-12-14(11,7-9)18-17-13(3,4)16-12/h9-12H,5-8H2,1-4H3/t9-,10-,11+,12-,14-/m1/s1. The number of ether oxygens (including phenoxy) is 2. The molecule has 0 aromatic carbocycles. The highest BCUT2D eigenvalue weighted by atomic mass is 17.3. The van der Waals surface area contributed by atoms with Gasteiger partial charge >= 0.3 is 0 Å². The van der Waals surface area contributed by atoms with E-state index in [-0.39, 0.29) is 6.29 Å². The summed E-state index contributed by atoms with van der Waals surface area (Å²) < 4.78 is 11.9. The quantitative estimate of drug-likeness (QED) is 0.624. The van der Waals surface area contributed by atoms with Crippen molar-refractivity contribution in [1.82, 2.24) is 0 Å². The zero-order valence-corrected chi connectivity index (χ0v) is 11.8. The van der Waals surface area contributed by atoms with Gasteiger partial charge in [0.1, 0.15) is 0 Å². The molecule has 3 rings (SSSR count). The van der Waals surface area contributed by atoms with E-state index in [0.717, 1.165) is 13.0 Å². The van der Waals surface area contributed by atoms with Gasteiger partial charge in [0, 0.05) is 5.92 Å². The Morgan fingerprint density at radius 1 is 1.06 bits per heavy atom. The minimum Gasteiger partial charge on any atom is -0.349 e. The van der Waals surface area contributed by atoms with Crippen LogP contribution < -0.4 is 0 Å². The van der Waals surface area contributed by atoms with Gasteiger partial charge in [-0.25, -0.2) is 9.78 Å². The van der Waals surface area contributed by atoms with Crippen LogP contribution in [0.2, 0.25) is 0 Å². The van der Waals surface area contributed by atoms with Gasteiger partial charge in [-0.3, -0.25) is 0 Å². The molecule has 4 nitrogen and oxygen atoms in total. The summed E-state index contributed by atoms with van der Waals surface area (Å²) in [5, 5.41) is 0. The van der Waals surface area contributed by atoms with Crippen LogP contribution in [-0.4, -0.2) is 24.3 Å². The minimum atomic E-state index is -0.721. The molecule has 0 aromatic heterocycles. The van der Waals surface area contributed by atoms with Crippen LogP contribution in [0.15, 0.2) is 0 Å². The van der Waals surface area contributed by atoms with E-state index in [1.165, 1.54) is 12.8 Å². The fourth-order valence-electron chi connectivity index (χ4n) is 3.76. The van der Waals surface area contributed by atoms with E-state index in [2.05, 4.69) is 13.8 Å². The summed E-state index contributed by atoms with van der Waals surface area (Å²) in [5.74, 6) is 0.888. The lowest BCUT2D eigenvalue weighted by atomic mass is 9.65. The molecule has 1 aliphatic carbocycles. The van der Waals surface area contributed by atoms with Crippen molar-refractivity contribution in [2.45, 2.75) is 64.6 Å². The van der Waals surface area contributed by atoms with Gasteiger partial charge in [0.25, 0.3) is 0 Å². The van der Waals surface area contributed by atoms with Crippen molar-refractivity contribution in [3.8, 4) is 0 Å². The lowest BCUT2D eigenvalue weighted by Gasteiger charge is -2.57. The second-order valence-corrected chi connectivity index (χ2v) is 6.77. The second kappa shape index (κ2) is 4.17. The third kappa shape index (κ3) is 1.90. The monoisotopic (exact) mass is 256 g/mol. The van der Waals surface area contributed by atoms with Gasteiger partial charge in [0.2, 0.25) is 0 Å². The second-order valence-electron chi connectivity index (χ2n) is 6.77. The van der Waals surface area contributed by atoms with Crippen LogP contribution in [0.1, 0.15) is 47.0 Å². The van der Waals surface area contributed by atoms with Gasteiger partial charge < -0.3 is 9.47 Å². The molecule has 104 valence electrons. The molecule has 2 aliphatic heterocycles. The van der Waals surface area contributed by atoms with Crippen molar-refractivity contribution in [2.75, 3.05) is 6.61 Å². The molecule has 4 heteroatoms. The van der Waals surface area contributed by atoms with Gasteiger partial charge in [-0.05, 0) is 38.5 Å². The Kier molecular flexibility index (Phi) is 2.98. The van der Waals surface area contributed by atoms with E-state index in [0.29, 0.717) is 17.8 Å². The highest BCUT2D eigenvalue weighted by molar-refractivity contribution is 5.01. The average Bonchev–Trinajstić information content (AvgIpc) is 2.30. The first-order valence-corrected chi connectivity index (χ1v) is 7.09. The fourth-order valence-corrected chi connectivity index (χ4v) is 3.76. The van der Waals surface area contributed by atoms with Crippen LogP contribution >= 0.6 is 0 Å². The molecule has 0 amide bonds. The Bertz CT molecular complexity index is 330. The molecule has 18 heavy (non-hydrogen) atoms. The van der Waals surface area contributed by atoms with Crippen LogP contribution in [0.25, 0.3) is 0 Å². The zero-order valence-electron chi connectivity index (χ0n) is 11.8. The summed E-state index contributed by atoms with van der Waals surface area (Å²) in [7, 11) is 0. The van der Waals surface area contributed by atoms with E-state index in [4.69, 9.17) is 19.2 Å². The Balaban J connectivity index is 1.90. The molecule has 0 bridgehead atoms. The van der Waals surface area contributed by atoms with Crippen molar-refractivity contribution in [3.63, 3.8) is 0 Å². The Morgan fingerprint density at radius 3 is 2.61 bits per heavy atom. The first kappa shape index (κ1) is 12.9. The van der Waals surface area contributed by atoms with Crippen LogP contribution in [0, 0.1) is 17.8 Å². The smallest absolute Gasteiger partial charge is 0.199 e. The van der Waals surface area contributed by atoms with Gasteiger partial charge in [-0.15, -0.1) is 0 Å². The van der Waals surface area contributed by atoms with Crippen LogP contribution in [0.4, 0.5) is 0 Å². The van der Waals surface area contributed by atoms with Crippen LogP contribution in [0.3, 0.4) is 0 Å². The summed E-state index contributed by atoms with van der Waals surface area (Å²) in [5.41, 5.74) is -0.398. The SMILES string of the molecule is C[C@@H]1CC[C@H]2[C@H](C)CO[C@@H]3OC(C)(C)OO[C@@]32C1. The lowest BCUT2D eigenvalue weighted by molar-refractivity contribution is -0.565. The summed E-state index contributed by atoms with van der Waals surface area (Å²) in [4.78, 5) is 11.4. The Morgan fingerprint density at radius 2 is 1.83 bits per heavy atom. The normalized spacial score (nSPS) is 51.3. The molecule has 1 saturated carbocycles. The molecule has 0 radical (unpaired) electrons.